The second-order valence-electron chi connectivity index (χ2n) is 11.8. The molecule has 0 heterocycles. The van der Waals surface area contributed by atoms with Crippen molar-refractivity contribution in [3.63, 3.8) is 0 Å². The van der Waals surface area contributed by atoms with Crippen molar-refractivity contribution in [3.05, 3.63) is 47.0 Å². The van der Waals surface area contributed by atoms with Crippen molar-refractivity contribution >= 4 is 10.8 Å². The topological polar surface area (TPSA) is 18.5 Å². The van der Waals surface area contributed by atoms with E-state index in [0.717, 1.165) is 50.4 Å². The lowest BCUT2D eigenvalue weighted by Gasteiger charge is -2.26. The van der Waals surface area contributed by atoms with Crippen LogP contribution in [0, 0.1) is 0 Å². The summed E-state index contributed by atoms with van der Waals surface area (Å²) in [4.78, 5) is 0. The van der Waals surface area contributed by atoms with Crippen LogP contribution >= 0.6 is 0 Å². The van der Waals surface area contributed by atoms with Gasteiger partial charge in [0.1, 0.15) is 11.5 Å². The lowest BCUT2D eigenvalue weighted by atomic mass is 9.85. The molecule has 0 N–H and O–H groups in total. The van der Waals surface area contributed by atoms with Crippen molar-refractivity contribution < 1.29 is 9.47 Å². The van der Waals surface area contributed by atoms with Crippen LogP contribution in [0.2, 0.25) is 0 Å². The zero-order valence-electron chi connectivity index (χ0n) is 25.8. The second kappa shape index (κ2) is 19.2. The average molecular weight is 535 g/mol. The first-order valence-electron chi connectivity index (χ1n) is 16.8. The molecule has 2 nitrogen and oxygen atoms in total. The molecule has 0 aromatic heterocycles. The van der Waals surface area contributed by atoms with Gasteiger partial charge < -0.3 is 9.47 Å². The summed E-state index contributed by atoms with van der Waals surface area (Å²) in [6.07, 6.45) is 27.9. The summed E-state index contributed by atoms with van der Waals surface area (Å²) in [6.45, 7) is 8.50. The quantitative estimate of drug-likeness (QED) is 0.110. The van der Waals surface area contributed by atoms with Gasteiger partial charge in [-0.3, -0.25) is 0 Å². The summed E-state index contributed by atoms with van der Waals surface area (Å²) in [5.41, 5.74) is 4.37. The van der Waals surface area contributed by atoms with E-state index in [1.54, 1.807) is 5.57 Å². The van der Waals surface area contributed by atoms with Crippen LogP contribution in [0.3, 0.4) is 0 Å². The zero-order chi connectivity index (χ0) is 27.5. The minimum absolute atomic E-state index is 0.815. The van der Waals surface area contributed by atoms with Crippen LogP contribution in [0.25, 0.3) is 10.8 Å². The van der Waals surface area contributed by atoms with Gasteiger partial charge in [0.05, 0.1) is 13.2 Å². The molecule has 1 aliphatic rings. The Labute approximate surface area is 240 Å². The molecule has 0 unspecified atom stereocenters. The Morgan fingerprint density at radius 2 is 1.00 bits per heavy atom. The van der Waals surface area contributed by atoms with Gasteiger partial charge in [-0.2, -0.15) is 0 Å². The molecule has 2 aromatic rings. The predicted molar refractivity (Wildman–Crippen MR) is 171 cm³/mol. The largest absolute Gasteiger partial charge is 0.493 e. The molecule has 0 saturated carbocycles. The van der Waals surface area contributed by atoms with Gasteiger partial charge in [-0.15, -0.1) is 0 Å². The highest BCUT2D eigenvalue weighted by Gasteiger charge is 2.24. The molecule has 218 valence electrons. The molecule has 0 saturated heterocycles. The summed E-state index contributed by atoms with van der Waals surface area (Å²) in [6, 6.07) is 8.82. The number of fused-ring (bicyclic) bond motifs is 2. The van der Waals surface area contributed by atoms with Crippen molar-refractivity contribution in [1.82, 2.24) is 0 Å². The standard InChI is InChI=1S/C37H58O2/c1-4-7-10-12-14-16-21-28-38-36-32-24-19-20-25-33(32)37(39-29-22-17-15-13-11-8-5-2)35-30-31(23-18-9-6-3)26-27-34(35)36/h19-20,24-26H,4-18,21-23,27-30H2,1-3H3. The van der Waals surface area contributed by atoms with Gasteiger partial charge in [0.2, 0.25) is 0 Å². The van der Waals surface area contributed by atoms with Crippen molar-refractivity contribution in [1.29, 1.82) is 0 Å². The summed E-state index contributed by atoms with van der Waals surface area (Å²) in [7, 11) is 0. The van der Waals surface area contributed by atoms with Crippen LogP contribution in [0.15, 0.2) is 35.9 Å². The normalized spacial score (nSPS) is 12.9. The molecular formula is C37H58O2. The minimum atomic E-state index is 0.815. The lowest BCUT2D eigenvalue weighted by Crippen LogP contribution is -2.12. The fourth-order valence-electron chi connectivity index (χ4n) is 6.02. The number of rotatable bonds is 22. The van der Waals surface area contributed by atoms with Crippen LogP contribution in [0.1, 0.15) is 147 Å². The molecule has 0 spiro atoms. The summed E-state index contributed by atoms with van der Waals surface area (Å²) in [5.74, 6) is 2.26. The highest BCUT2D eigenvalue weighted by Crippen LogP contribution is 2.44. The van der Waals surface area contributed by atoms with E-state index in [2.05, 4.69) is 51.1 Å². The van der Waals surface area contributed by atoms with E-state index in [0.29, 0.717) is 0 Å². The summed E-state index contributed by atoms with van der Waals surface area (Å²) >= 11 is 0. The molecule has 1 aliphatic carbocycles. The molecule has 0 fully saturated rings. The number of allylic oxidation sites excluding steroid dienone is 2. The highest BCUT2D eigenvalue weighted by atomic mass is 16.5. The average Bonchev–Trinajstić information content (AvgIpc) is 2.96. The Balaban J connectivity index is 1.72. The number of hydrogen-bond donors (Lipinski definition) is 0. The van der Waals surface area contributed by atoms with Crippen molar-refractivity contribution in [2.45, 2.75) is 149 Å². The number of benzene rings is 2. The number of ether oxygens (including phenoxy) is 2. The smallest absolute Gasteiger partial charge is 0.131 e. The van der Waals surface area contributed by atoms with Crippen LogP contribution in [0.5, 0.6) is 11.5 Å². The third kappa shape index (κ3) is 10.5. The van der Waals surface area contributed by atoms with Gasteiger partial charge in [0.15, 0.2) is 0 Å². The summed E-state index contributed by atoms with van der Waals surface area (Å²) in [5, 5.41) is 2.47. The number of unbranched alkanes of at least 4 members (excludes halogenated alkanes) is 14. The Bertz CT molecular complexity index is 973. The van der Waals surface area contributed by atoms with E-state index in [1.165, 1.54) is 125 Å². The van der Waals surface area contributed by atoms with Gasteiger partial charge in [-0.1, -0.05) is 147 Å². The fourth-order valence-corrected chi connectivity index (χ4v) is 6.02. The van der Waals surface area contributed by atoms with Crippen LogP contribution < -0.4 is 9.47 Å². The molecule has 0 radical (unpaired) electrons. The van der Waals surface area contributed by atoms with Crippen LogP contribution in [-0.4, -0.2) is 13.2 Å². The van der Waals surface area contributed by atoms with Crippen LogP contribution in [0.4, 0.5) is 0 Å². The SMILES string of the molecule is CCCCCCCCCOc1c2c(c(OCCCCCCCCC)c3ccccc13)CC(CCCCC)=CC2. The van der Waals surface area contributed by atoms with E-state index < -0.39 is 0 Å². The number of hydrogen-bond acceptors (Lipinski definition) is 2. The molecule has 3 rings (SSSR count). The van der Waals surface area contributed by atoms with Crippen LogP contribution in [-0.2, 0) is 12.8 Å². The maximum Gasteiger partial charge on any atom is 0.131 e. The van der Waals surface area contributed by atoms with E-state index in [-0.39, 0.29) is 0 Å². The minimum Gasteiger partial charge on any atom is -0.493 e. The Morgan fingerprint density at radius 1 is 0.538 bits per heavy atom. The predicted octanol–water partition coefficient (Wildman–Crippen LogP) is 11.7. The van der Waals surface area contributed by atoms with E-state index in [1.807, 2.05) is 0 Å². The van der Waals surface area contributed by atoms with Crippen molar-refractivity contribution in [3.8, 4) is 11.5 Å². The second-order valence-corrected chi connectivity index (χ2v) is 11.8. The fraction of sp³-hybridized carbons (Fsp3) is 0.676. The van der Waals surface area contributed by atoms with Gasteiger partial charge in [0, 0.05) is 21.9 Å². The molecule has 0 bridgehead atoms. The molecule has 0 aliphatic heterocycles. The Morgan fingerprint density at radius 3 is 1.54 bits per heavy atom. The Hall–Kier alpha value is -1.96. The van der Waals surface area contributed by atoms with E-state index in [9.17, 15) is 0 Å². The van der Waals surface area contributed by atoms with Gasteiger partial charge >= 0.3 is 0 Å². The zero-order valence-corrected chi connectivity index (χ0v) is 25.8. The van der Waals surface area contributed by atoms with E-state index >= 15 is 0 Å². The molecule has 2 aromatic carbocycles. The van der Waals surface area contributed by atoms with E-state index in [4.69, 9.17) is 9.47 Å². The Kier molecular flexibility index (Phi) is 15.5. The maximum absolute atomic E-state index is 6.68. The van der Waals surface area contributed by atoms with Gasteiger partial charge in [-0.05, 0) is 38.5 Å². The maximum atomic E-state index is 6.68. The molecule has 39 heavy (non-hydrogen) atoms. The highest BCUT2D eigenvalue weighted by molar-refractivity contribution is 5.96. The molecule has 0 atom stereocenters. The van der Waals surface area contributed by atoms with Gasteiger partial charge in [-0.25, -0.2) is 0 Å². The summed E-state index contributed by atoms with van der Waals surface area (Å²) < 4.78 is 13.3. The van der Waals surface area contributed by atoms with Gasteiger partial charge in [0.25, 0.3) is 0 Å². The molecule has 2 heteroatoms. The first-order valence-corrected chi connectivity index (χ1v) is 16.8. The van der Waals surface area contributed by atoms with Crippen molar-refractivity contribution in [2.24, 2.45) is 0 Å². The molecular weight excluding hydrogens is 476 g/mol. The van der Waals surface area contributed by atoms with Crippen molar-refractivity contribution in [2.75, 3.05) is 13.2 Å². The monoisotopic (exact) mass is 534 g/mol. The third-order valence-corrected chi connectivity index (χ3v) is 8.42. The lowest BCUT2D eigenvalue weighted by molar-refractivity contribution is 0.296. The molecule has 0 amide bonds. The first-order chi connectivity index (χ1) is 19.3. The third-order valence-electron chi connectivity index (χ3n) is 8.42. The first kappa shape index (κ1) is 31.6.